The number of nitrogens with zero attached hydrogens (tertiary/aromatic N) is 2. The maximum atomic E-state index is 13.5. The van der Waals surface area contributed by atoms with E-state index in [0.29, 0.717) is 31.7 Å². The minimum absolute atomic E-state index is 0.0217. The predicted octanol–water partition coefficient (Wildman–Crippen LogP) is 6.44. The van der Waals surface area contributed by atoms with Gasteiger partial charge in [0, 0.05) is 35.0 Å². The molecule has 3 heterocycles. The van der Waals surface area contributed by atoms with E-state index in [2.05, 4.69) is 38.5 Å². The van der Waals surface area contributed by atoms with Gasteiger partial charge in [0.15, 0.2) is 0 Å². The zero-order chi connectivity index (χ0) is 34.2. The van der Waals surface area contributed by atoms with Gasteiger partial charge in [-0.05, 0) is 131 Å². The molecule has 5 unspecified atom stereocenters. The van der Waals surface area contributed by atoms with Crippen molar-refractivity contribution in [2.45, 2.75) is 87.9 Å². The van der Waals surface area contributed by atoms with Gasteiger partial charge >= 0.3 is 0 Å². The highest BCUT2D eigenvalue weighted by atomic mass is 35.5. The molecule has 7 nitrogen and oxygen atoms in total. The zero-order valence-electron chi connectivity index (χ0n) is 28.9. The number of anilines is 1. The van der Waals surface area contributed by atoms with Gasteiger partial charge in [0.1, 0.15) is 22.3 Å². The highest BCUT2D eigenvalue weighted by Gasteiger charge is 2.47. The Morgan fingerprint density at radius 3 is 2.73 bits per heavy atom. The van der Waals surface area contributed by atoms with E-state index in [1.165, 1.54) is 30.4 Å². The summed E-state index contributed by atoms with van der Waals surface area (Å²) in [5.74, 6) is 7.35. The number of amides is 1. The summed E-state index contributed by atoms with van der Waals surface area (Å²) >= 11 is 6.47. The number of allylic oxidation sites excluding steroid dienone is 1. The lowest BCUT2D eigenvalue weighted by atomic mass is 9.64. The van der Waals surface area contributed by atoms with Gasteiger partial charge in [0.05, 0.1) is 24.1 Å². The molecule has 7 atom stereocenters. The lowest BCUT2D eigenvalue weighted by Gasteiger charge is -2.47. The summed E-state index contributed by atoms with van der Waals surface area (Å²) in [4.78, 5) is 18.3. The van der Waals surface area contributed by atoms with Crippen LogP contribution in [0.1, 0.15) is 86.7 Å². The lowest BCUT2D eigenvalue weighted by molar-refractivity contribution is -0.00329. The van der Waals surface area contributed by atoms with Crippen LogP contribution in [-0.4, -0.2) is 70.3 Å². The van der Waals surface area contributed by atoms with Crippen LogP contribution >= 0.6 is 11.6 Å². The van der Waals surface area contributed by atoms with E-state index in [-0.39, 0.29) is 34.3 Å². The maximum Gasteiger partial charge on any atom is 0.263 e. The fraction of sp³-hybridized carbons (Fsp3) is 0.575. The third-order valence-corrected chi connectivity index (χ3v) is 13.8. The first kappa shape index (κ1) is 34.6. The van der Waals surface area contributed by atoms with E-state index in [1.54, 1.807) is 6.07 Å². The summed E-state index contributed by atoms with van der Waals surface area (Å²) in [5.41, 5.74) is 2.38. The number of ether oxygens (including phenoxy) is 1. The molecule has 0 aromatic heterocycles. The molecule has 3 aliphatic heterocycles. The summed E-state index contributed by atoms with van der Waals surface area (Å²) in [6.07, 6.45) is 13.2. The zero-order valence-corrected chi connectivity index (χ0v) is 30.5. The molecule has 1 spiro atoms. The smallest absolute Gasteiger partial charge is 0.263 e. The van der Waals surface area contributed by atoms with Crippen molar-refractivity contribution >= 4 is 34.2 Å². The molecule has 2 aliphatic carbocycles. The van der Waals surface area contributed by atoms with Crippen molar-refractivity contribution in [1.82, 2.24) is 9.62 Å². The summed E-state index contributed by atoms with van der Waals surface area (Å²) in [5, 5.41) is 12.9. The summed E-state index contributed by atoms with van der Waals surface area (Å²) < 4.78 is 22.8. The minimum Gasteiger partial charge on any atom is -0.490 e. The van der Waals surface area contributed by atoms with Crippen LogP contribution in [0.3, 0.4) is 0 Å². The predicted molar refractivity (Wildman–Crippen MR) is 197 cm³/mol. The van der Waals surface area contributed by atoms with Crippen LogP contribution in [0, 0.1) is 29.6 Å². The quantitative estimate of drug-likeness (QED) is 0.263. The number of hydrogen-bond donors (Lipinski definition) is 2. The molecule has 2 aromatic rings. The molecule has 2 bridgehead atoms. The number of carbonyl (C=O) groups is 1. The molecule has 2 fully saturated rings. The van der Waals surface area contributed by atoms with E-state index in [9.17, 15) is 14.1 Å². The Morgan fingerprint density at radius 2 is 1.94 bits per heavy atom. The van der Waals surface area contributed by atoms with Gasteiger partial charge in [-0.15, -0.1) is 0 Å². The molecule has 49 heavy (non-hydrogen) atoms. The first-order valence-electron chi connectivity index (χ1n) is 18.3. The topological polar surface area (TPSA) is 82.1 Å². The molecule has 2 N–H and O–H groups in total. The number of aryl methyl sites for hydroxylation is 1. The highest BCUT2D eigenvalue weighted by Crippen LogP contribution is 2.48. The highest BCUT2D eigenvalue weighted by molar-refractivity contribution is 7.84. The second-order valence-electron chi connectivity index (χ2n) is 15.2. The molecular formula is C40H50ClN3O4S. The lowest BCUT2D eigenvalue weighted by Crippen LogP contribution is -2.52. The number of likely N-dealkylation sites (tertiary alicyclic amines) is 1. The molecule has 1 saturated carbocycles. The third-order valence-electron chi connectivity index (χ3n) is 12.0. The number of aliphatic hydroxyl groups is 1. The first-order chi connectivity index (χ1) is 23.6. The normalized spacial score (nSPS) is 34.2. The SMILES string of the molecule is CC1C/C=C/[C@](O)(C#CCN2CCCCC2)C2CCC2CN2C[C@@]3(CCCc4cc(Cl)ccc43)COc3ccc(cc32)C(=O)NS(=O)C1C. The van der Waals surface area contributed by atoms with Gasteiger partial charge in [-0.25, -0.2) is 4.21 Å². The largest absolute Gasteiger partial charge is 0.490 e. The van der Waals surface area contributed by atoms with Gasteiger partial charge < -0.3 is 14.7 Å². The fourth-order valence-electron chi connectivity index (χ4n) is 8.68. The Kier molecular flexibility index (Phi) is 10.2. The third kappa shape index (κ3) is 7.19. The average Bonchev–Trinajstić information content (AvgIpc) is 3.23. The molecule has 5 aliphatic rings. The molecular weight excluding hydrogens is 654 g/mol. The number of halogens is 1. The van der Waals surface area contributed by atoms with Crippen LogP contribution in [0.15, 0.2) is 48.6 Å². The maximum absolute atomic E-state index is 13.5. The van der Waals surface area contributed by atoms with E-state index in [0.717, 1.165) is 68.2 Å². The van der Waals surface area contributed by atoms with Crippen molar-refractivity contribution in [1.29, 1.82) is 0 Å². The van der Waals surface area contributed by atoms with E-state index in [1.807, 2.05) is 44.2 Å². The van der Waals surface area contributed by atoms with Gasteiger partial charge in [-0.3, -0.25) is 14.4 Å². The molecule has 0 radical (unpaired) electrons. The van der Waals surface area contributed by atoms with Crippen LogP contribution in [0.5, 0.6) is 5.75 Å². The van der Waals surface area contributed by atoms with Crippen molar-refractivity contribution < 1.29 is 18.8 Å². The Morgan fingerprint density at radius 1 is 1.10 bits per heavy atom. The average molecular weight is 704 g/mol. The summed E-state index contributed by atoms with van der Waals surface area (Å²) in [7, 11) is -1.58. The number of hydrogen-bond acceptors (Lipinski definition) is 6. The molecule has 1 saturated heterocycles. The van der Waals surface area contributed by atoms with E-state index >= 15 is 0 Å². The molecule has 262 valence electrons. The van der Waals surface area contributed by atoms with Crippen molar-refractivity contribution in [3.05, 3.63) is 70.3 Å². The Balaban J connectivity index is 1.27. The number of carbonyl (C=O) groups excluding carboxylic acids is 1. The fourth-order valence-corrected chi connectivity index (χ4v) is 9.90. The van der Waals surface area contributed by atoms with Crippen molar-refractivity contribution in [2.75, 3.05) is 44.2 Å². The standard InChI is InChI=1S/C40H50ClN3O4S/c1-28-9-6-18-40(46,19-8-22-43-20-4-3-5-21-43)35-14-11-32(35)25-44-26-39(17-7-10-30-23-33(41)13-15-34(30)39)27-48-37-16-12-31(24-36(37)44)38(45)42-49(47)29(28)2/h6,12-13,15-16,18,23-24,28-29,32,35,46H,3-5,7,9-11,14,17,20-22,25-27H2,1-2H3,(H,42,45)/b18-6+/t28?,29?,32?,35?,39-,40-,49?/m0/s1. The van der Waals surface area contributed by atoms with Gasteiger partial charge in [-0.2, -0.15) is 0 Å². The van der Waals surface area contributed by atoms with E-state index < -0.39 is 16.6 Å². The summed E-state index contributed by atoms with van der Waals surface area (Å²) in [6.45, 7) is 8.70. The van der Waals surface area contributed by atoms with Gasteiger partial charge in [0.25, 0.3) is 5.91 Å². The molecule has 9 heteroatoms. The van der Waals surface area contributed by atoms with Crippen LogP contribution < -0.4 is 14.4 Å². The van der Waals surface area contributed by atoms with Crippen LogP contribution in [-0.2, 0) is 22.8 Å². The van der Waals surface area contributed by atoms with Crippen molar-refractivity contribution in [2.24, 2.45) is 17.8 Å². The van der Waals surface area contributed by atoms with Crippen molar-refractivity contribution in [3.63, 3.8) is 0 Å². The number of nitrogens with one attached hydrogen (secondary N) is 1. The number of piperidine rings is 1. The van der Waals surface area contributed by atoms with Gasteiger partial charge in [0.2, 0.25) is 0 Å². The van der Waals surface area contributed by atoms with Crippen LogP contribution in [0.2, 0.25) is 5.02 Å². The van der Waals surface area contributed by atoms with Crippen LogP contribution in [0.25, 0.3) is 0 Å². The second-order valence-corrected chi connectivity index (χ2v) is 17.2. The van der Waals surface area contributed by atoms with Crippen molar-refractivity contribution in [3.8, 4) is 17.6 Å². The molecule has 7 rings (SSSR count). The first-order valence-corrected chi connectivity index (χ1v) is 19.9. The number of benzene rings is 2. The number of rotatable bonds is 1. The number of fused-ring (bicyclic) bond motifs is 4. The monoisotopic (exact) mass is 703 g/mol. The Bertz CT molecular complexity index is 1680. The van der Waals surface area contributed by atoms with Crippen LogP contribution in [0.4, 0.5) is 5.69 Å². The van der Waals surface area contributed by atoms with Gasteiger partial charge in [-0.1, -0.05) is 48.9 Å². The molecule has 1 amide bonds. The molecule has 2 aromatic carbocycles. The Labute approximate surface area is 299 Å². The Hall–Kier alpha value is -2.83. The minimum atomic E-state index is -1.58. The second kappa shape index (κ2) is 14.4. The van der Waals surface area contributed by atoms with E-state index in [4.69, 9.17) is 16.3 Å². The summed E-state index contributed by atoms with van der Waals surface area (Å²) in [6, 6.07) is 11.8.